The van der Waals surface area contributed by atoms with Gasteiger partial charge in [-0.05, 0) is 61.9 Å². The molecule has 1 amide bonds. The Balaban J connectivity index is 1.46. The summed E-state index contributed by atoms with van der Waals surface area (Å²) in [5, 5.41) is 1.04. The summed E-state index contributed by atoms with van der Waals surface area (Å²) in [4.78, 5) is 24.4. The lowest BCUT2D eigenvalue weighted by molar-refractivity contribution is 0.0739. The van der Waals surface area contributed by atoms with Crippen LogP contribution in [0.4, 0.5) is 4.39 Å². The highest BCUT2D eigenvalue weighted by molar-refractivity contribution is 5.98. The van der Waals surface area contributed by atoms with E-state index < -0.39 is 5.82 Å². The third-order valence-corrected chi connectivity index (χ3v) is 7.64. The number of aryl methyl sites for hydroxylation is 1. The highest BCUT2D eigenvalue weighted by Gasteiger charge is 2.37. The van der Waals surface area contributed by atoms with Crippen LogP contribution >= 0.6 is 0 Å². The molecule has 34 heavy (non-hydrogen) atoms. The Hall–Kier alpha value is -3.26. The van der Waals surface area contributed by atoms with Gasteiger partial charge in [-0.2, -0.15) is 0 Å². The zero-order chi connectivity index (χ0) is 23.7. The van der Waals surface area contributed by atoms with Gasteiger partial charge in [0.2, 0.25) is 0 Å². The lowest BCUT2D eigenvalue weighted by Gasteiger charge is -2.23. The number of carbonyl (C=O) groups excluding carboxylic acids is 1. The number of nitrogens with zero attached hydrogens (tertiary/aromatic N) is 5. The van der Waals surface area contributed by atoms with Crippen molar-refractivity contribution in [3.63, 3.8) is 0 Å². The number of carbonyl (C=O) groups is 1. The third-order valence-electron chi connectivity index (χ3n) is 7.64. The molecular weight excluding hydrogens is 431 g/mol. The van der Waals surface area contributed by atoms with Crippen molar-refractivity contribution in [2.45, 2.75) is 45.3 Å². The highest BCUT2D eigenvalue weighted by atomic mass is 19.1. The Kier molecular flexibility index (Phi) is 4.78. The topological polar surface area (TPSA) is 82.0 Å². The van der Waals surface area contributed by atoms with Gasteiger partial charge in [0.1, 0.15) is 17.0 Å². The molecule has 3 aromatic heterocycles. The number of likely N-dealkylation sites (tertiary alicyclic amines) is 1. The molecule has 0 bridgehead atoms. The summed E-state index contributed by atoms with van der Waals surface area (Å²) < 4.78 is 19.4. The summed E-state index contributed by atoms with van der Waals surface area (Å²) in [5.41, 5.74) is 9.24. The van der Waals surface area contributed by atoms with E-state index in [-0.39, 0.29) is 23.9 Å². The first-order valence-electron chi connectivity index (χ1n) is 12.0. The van der Waals surface area contributed by atoms with E-state index in [0.717, 1.165) is 23.3 Å². The lowest BCUT2D eigenvalue weighted by atomic mass is 10.0. The first-order chi connectivity index (χ1) is 16.3. The van der Waals surface area contributed by atoms with Crippen molar-refractivity contribution in [3.05, 3.63) is 47.9 Å². The van der Waals surface area contributed by atoms with E-state index in [1.165, 1.54) is 18.9 Å². The number of amides is 1. The first kappa shape index (κ1) is 21.3. The normalized spacial score (nSPS) is 22.9. The van der Waals surface area contributed by atoms with Crippen molar-refractivity contribution in [2.75, 3.05) is 6.54 Å². The van der Waals surface area contributed by atoms with Gasteiger partial charge in [0.25, 0.3) is 5.91 Å². The lowest BCUT2D eigenvalue weighted by Crippen LogP contribution is -2.41. The third kappa shape index (κ3) is 3.23. The van der Waals surface area contributed by atoms with Crippen LogP contribution in [-0.2, 0) is 13.6 Å². The number of pyridine rings is 1. The van der Waals surface area contributed by atoms with Gasteiger partial charge in [-0.3, -0.25) is 4.79 Å². The van der Waals surface area contributed by atoms with Gasteiger partial charge in [-0.25, -0.2) is 14.4 Å². The monoisotopic (exact) mass is 460 g/mol. The number of nitrogens with two attached hydrogens (primary N) is 1. The number of imidazole rings is 1. The fourth-order valence-electron chi connectivity index (χ4n) is 5.38. The predicted octanol–water partition coefficient (Wildman–Crippen LogP) is 3.95. The van der Waals surface area contributed by atoms with Crippen molar-refractivity contribution >= 4 is 28.0 Å². The molecule has 4 heterocycles. The second-order valence-corrected chi connectivity index (χ2v) is 10.1. The number of fused-ring (bicyclic) bond motifs is 2. The summed E-state index contributed by atoms with van der Waals surface area (Å²) in [6, 6.07) is 8.90. The summed E-state index contributed by atoms with van der Waals surface area (Å²) >= 11 is 0. The Morgan fingerprint density at radius 1 is 1.24 bits per heavy atom. The quantitative estimate of drug-likeness (QED) is 0.500. The maximum atomic E-state index is 15.4. The van der Waals surface area contributed by atoms with Gasteiger partial charge < -0.3 is 19.8 Å². The first-order valence-corrected chi connectivity index (χ1v) is 12.0. The molecule has 1 saturated heterocycles. The van der Waals surface area contributed by atoms with Crippen molar-refractivity contribution in [2.24, 2.45) is 24.6 Å². The second kappa shape index (κ2) is 7.63. The van der Waals surface area contributed by atoms with Gasteiger partial charge in [0.05, 0.1) is 11.2 Å². The number of halogens is 1. The van der Waals surface area contributed by atoms with Crippen LogP contribution in [0.1, 0.15) is 37.0 Å². The molecule has 1 aliphatic heterocycles. The van der Waals surface area contributed by atoms with E-state index in [1.54, 1.807) is 21.7 Å². The van der Waals surface area contributed by atoms with E-state index in [0.29, 0.717) is 34.9 Å². The Morgan fingerprint density at radius 2 is 2.03 bits per heavy atom. The number of rotatable bonds is 4. The summed E-state index contributed by atoms with van der Waals surface area (Å²) in [5.74, 6) is 0.864. The van der Waals surface area contributed by atoms with Crippen LogP contribution in [0.25, 0.3) is 33.6 Å². The fraction of sp³-hybridized carbons (Fsp3) is 0.423. The molecule has 176 valence electrons. The maximum absolute atomic E-state index is 15.4. The van der Waals surface area contributed by atoms with Crippen LogP contribution in [0.2, 0.25) is 0 Å². The number of aromatic nitrogens is 4. The van der Waals surface area contributed by atoms with Crippen LogP contribution < -0.4 is 5.73 Å². The molecule has 1 saturated carbocycles. The molecule has 2 aliphatic rings. The molecule has 0 radical (unpaired) electrons. The van der Waals surface area contributed by atoms with E-state index in [2.05, 4.69) is 15.6 Å². The summed E-state index contributed by atoms with van der Waals surface area (Å²) in [7, 11) is 1.82. The van der Waals surface area contributed by atoms with Gasteiger partial charge in [-0.15, -0.1) is 0 Å². The molecule has 1 aliphatic carbocycles. The molecule has 8 heteroatoms. The van der Waals surface area contributed by atoms with Gasteiger partial charge in [0, 0.05) is 49.4 Å². The standard InChI is InChI=1S/C26H29FN6O/c1-14-12-32(15(2)22(14)28)26(34)18-9-19(27)23-20(10-18)30-25(31(23)3)21-11-17-5-4-8-29-24(17)33(21)13-16-6-7-16/h4-5,8-11,14-16,22H,6-7,12-13,28H2,1-3H3. The minimum absolute atomic E-state index is 0.0824. The van der Waals surface area contributed by atoms with Crippen LogP contribution in [0.15, 0.2) is 36.5 Å². The van der Waals surface area contributed by atoms with Gasteiger partial charge >= 0.3 is 0 Å². The Labute approximate surface area is 197 Å². The van der Waals surface area contributed by atoms with Crippen molar-refractivity contribution in [1.29, 1.82) is 0 Å². The Morgan fingerprint density at radius 3 is 2.74 bits per heavy atom. The van der Waals surface area contributed by atoms with Crippen molar-refractivity contribution in [1.82, 2.24) is 24.0 Å². The van der Waals surface area contributed by atoms with Crippen LogP contribution in [-0.4, -0.2) is 48.5 Å². The smallest absolute Gasteiger partial charge is 0.254 e. The van der Waals surface area contributed by atoms with Crippen LogP contribution in [0, 0.1) is 17.7 Å². The van der Waals surface area contributed by atoms with E-state index >= 15 is 4.39 Å². The second-order valence-electron chi connectivity index (χ2n) is 10.1. The molecule has 7 nitrogen and oxygen atoms in total. The van der Waals surface area contributed by atoms with Crippen molar-refractivity contribution in [3.8, 4) is 11.5 Å². The van der Waals surface area contributed by atoms with Crippen LogP contribution in [0.3, 0.4) is 0 Å². The van der Waals surface area contributed by atoms with Gasteiger partial charge in [-0.1, -0.05) is 6.92 Å². The molecule has 6 rings (SSSR count). The fourth-order valence-corrected chi connectivity index (χ4v) is 5.38. The molecule has 4 aromatic rings. The number of hydrogen-bond donors (Lipinski definition) is 1. The molecule has 3 unspecified atom stereocenters. The zero-order valence-electron chi connectivity index (χ0n) is 19.7. The average Bonchev–Trinajstić information content (AvgIpc) is 3.41. The van der Waals surface area contributed by atoms with Gasteiger partial charge in [0.15, 0.2) is 5.82 Å². The summed E-state index contributed by atoms with van der Waals surface area (Å²) in [6.07, 6.45) is 4.23. The molecule has 2 N–H and O–H groups in total. The predicted molar refractivity (Wildman–Crippen MR) is 130 cm³/mol. The minimum Gasteiger partial charge on any atom is -0.334 e. The number of benzene rings is 1. The van der Waals surface area contributed by atoms with E-state index in [4.69, 9.17) is 10.7 Å². The molecule has 3 atom stereocenters. The molecule has 0 spiro atoms. The average molecular weight is 461 g/mol. The zero-order valence-corrected chi connectivity index (χ0v) is 19.7. The maximum Gasteiger partial charge on any atom is 0.254 e. The van der Waals surface area contributed by atoms with Crippen molar-refractivity contribution < 1.29 is 9.18 Å². The number of hydrogen-bond acceptors (Lipinski definition) is 4. The largest absolute Gasteiger partial charge is 0.334 e. The van der Waals surface area contributed by atoms with Crippen LogP contribution in [0.5, 0.6) is 0 Å². The molecular formula is C26H29FN6O. The highest BCUT2D eigenvalue weighted by Crippen LogP contribution is 2.36. The molecule has 1 aromatic carbocycles. The Bertz CT molecular complexity index is 1430. The molecule has 2 fully saturated rings. The van der Waals surface area contributed by atoms with E-state index in [1.807, 2.05) is 33.0 Å². The van der Waals surface area contributed by atoms with E-state index in [9.17, 15) is 4.79 Å². The summed E-state index contributed by atoms with van der Waals surface area (Å²) in [6.45, 7) is 5.44. The minimum atomic E-state index is -0.450. The SMILES string of the molecule is CC1CN(C(=O)c2cc(F)c3c(c2)nc(-c2cc4cccnc4n2CC2CC2)n3C)C(C)C1N.